The molecule has 2 heterocycles. The van der Waals surface area contributed by atoms with Crippen LogP contribution >= 0.6 is 0 Å². The Bertz CT molecular complexity index is 632. The Labute approximate surface area is 116 Å². The molecule has 0 bridgehead atoms. The lowest BCUT2D eigenvalue weighted by atomic mass is 10.2. The highest BCUT2D eigenvalue weighted by atomic mass is 16.1. The molecule has 2 aromatic rings. The second kappa shape index (κ2) is 5.24. The minimum Gasteiger partial charge on any atom is -0.391 e. The summed E-state index contributed by atoms with van der Waals surface area (Å²) in [5.41, 5.74) is 6.94. The van der Waals surface area contributed by atoms with Gasteiger partial charge in [0.15, 0.2) is 5.82 Å². The minimum atomic E-state index is -0.277. The van der Waals surface area contributed by atoms with Gasteiger partial charge in [0.25, 0.3) is 5.56 Å². The third-order valence-corrected chi connectivity index (χ3v) is 3.57. The molecule has 0 saturated carbocycles. The molecular weight excluding hydrogens is 254 g/mol. The number of nitrogens with two attached hydrogens (primary N) is 1. The summed E-state index contributed by atoms with van der Waals surface area (Å²) in [4.78, 5) is 22.6. The molecule has 0 atom stereocenters. The van der Waals surface area contributed by atoms with E-state index in [1.807, 2.05) is 18.2 Å². The predicted molar refractivity (Wildman–Crippen MR) is 80.1 cm³/mol. The Morgan fingerprint density at radius 2 is 1.70 bits per heavy atom. The number of aromatic nitrogens is 2. The molecule has 0 spiro atoms. The van der Waals surface area contributed by atoms with Gasteiger partial charge in [0, 0.05) is 31.9 Å². The van der Waals surface area contributed by atoms with Crippen molar-refractivity contribution < 1.29 is 0 Å². The molecule has 1 aromatic carbocycles. The minimum absolute atomic E-state index is 0.195. The first-order valence-electron chi connectivity index (χ1n) is 6.64. The fourth-order valence-corrected chi connectivity index (χ4v) is 2.47. The number of rotatable bonds is 2. The molecule has 6 nitrogen and oxygen atoms in total. The maximum Gasteiger partial charge on any atom is 0.276 e. The van der Waals surface area contributed by atoms with E-state index in [-0.39, 0.29) is 11.2 Å². The fourth-order valence-electron chi connectivity index (χ4n) is 2.47. The maximum atomic E-state index is 11.5. The van der Waals surface area contributed by atoms with E-state index >= 15 is 0 Å². The van der Waals surface area contributed by atoms with Gasteiger partial charge in [-0.05, 0) is 12.1 Å². The summed E-state index contributed by atoms with van der Waals surface area (Å²) in [5, 5.41) is 0. The monoisotopic (exact) mass is 271 g/mol. The van der Waals surface area contributed by atoms with Crippen LogP contribution in [0.3, 0.4) is 0 Å². The summed E-state index contributed by atoms with van der Waals surface area (Å²) in [7, 11) is 0. The van der Waals surface area contributed by atoms with Gasteiger partial charge in [-0.2, -0.15) is 0 Å². The molecule has 0 radical (unpaired) electrons. The van der Waals surface area contributed by atoms with Gasteiger partial charge in [0.1, 0.15) is 5.69 Å². The Balaban J connectivity index is 1.73. The van der Waals surface area contributed by atoms with Crippen molar-refractivity contribution >= 4 is 17.2 Å². The van der Waals surface area contributed by atoms with Crippen LogP contribution in [-0.2, 0) is 0 Å². The number of hydrogen-bond donors (Lipinski definition) is 2. The highest BCUT2D eigenvalue weighted by molar-refractivity contribution is 5.61. The molecule has 3 rings (SSSR count). The molecule has 0 amide bonds. The van der Waals surface area contributed by atoms with Crippen molar-refractivity contribution in [2.75, 3.05) is 41.7 Å². The highest BCUT2D eigenvalue weighted by Crippen LogP contribution is 2.20. The molecule has 3 N–H and O–H groups in total. The van der Waals surface area contributed by atoms with Crippen molar-refractivity contribution in [3.63, 3.8) is 0 Å². The van der Waals surface area contributed by atoms with Crippen molar-refractivity contribution in [2.24, 2.45) is 0 Å². The summed E-state index contributed by atoms with van der Waals surface area (Å²) >= 11 is 0. The summed E-state index contributed by atoms with van der Waals surface area (Å²) < 4.78 is 0. The quantitative estimate of drug-likeness (QED) is 0.839. The number of aromatic amines is 1. The number of nitrogen functional groups attached to an aromatic ring is 1. The topological polar surface area (TPSA) is 78.2 Å². The second-order valence-corrected chi connectivity index (χ2v) is 4.78. The van der Waals surface area contributed by atoms with Crippen LogP contribution in [0, 0.1) is 0 Å². The average molecular weight is 271 g/mol. The van der Waals surface area contributed by atoms with Gasteiger partial charge in [-0.25, -0.2) is 4.98 Å². The number of piperazine rings is 1. The van der Waals surface area contributed by atoms with Gasteiger partial charge in [-0.3, -0.25) is 4.79 Å². The lowest BCUT2D eigenvalue weighted by Gasteiger charge is -2.36. The molecular formula is C14H17N5O. The van der Waals surface area contributed by atoms with Crippen molar-refractivity contribution in [3.05, 3.63) is 47.0 Å². The summed E-state index contributed by atoms with van der Waals surface area (Å²) in [6.07, 6.45) is 1.40. The zero-order valence-electron chi connectivity index (χ0n) is 11.1. The molecule has 1 saturated heterocycles. The lowest BCUT2D eigenvalue weighted by molar-refractivity contribution is 0.647. The third kappa shape index (κ3) is 2.32. The SMILES string of the molecule is Nc1c(N2CCN(c3ccccc3)CC2)nc[nH]c1=O. The predicted octanol–water partition coefficient (Wildman–Crippen LogP) is 0.679. The molecule has 1 aliphatic rings. The molecule has 0 unspecified atom stereocenters. The van der Waals surface area contributed by atoms with E-state index in [9.17, 15) is 4.79 Å². The van der Waals surface area contributed by atoms with Crippen LogP contribution in [0.4, 0.5) is 17.2 Å². The first-order chi connectivity index (χ1) is 9.75. The van der Waals surface area contributed by atoms with E-state index in [2.05, 4.69) is 31.9 Å². The third-order valence-electron chi connectivity index (χ3n) is 3.57. The van der Waals surface area contributed by atoms with Crippen molar-refractivity contribution in [1.29, 1.82) is 0 Å². The lowest BCUT2D eigenvalue weighted by Crippen LogP contribution is -2.47. The van der Waals surface area contributed by atoms with Crippen molar-refractivity contribution in [1.82, 2.24) is 9.97 Å². The average Bonchev–Trinajstić information content (AvgIpc) is 2.51. The summed E-state index contributed by atoms with van der Waals surface area (Å²) in [6.45, 7) is 3.38. The van der Waals surface area contributed by atoms with E-state index in [4.69, 9.17) is 5.73 Å². The van der Waals surface area contributed by atoms with Crippen LogP contribution in [0.1, 0.15) is 0 Å². The van der Waals surface area contributed by atoms with Gasteiger partial charge in [-0.15, -0.1) is 0 Å². The number of anilines is 3. The van der Waals surface area contributed by atoms with Crippen LogP contribution in [0.25, 0.3) is 0 Å². The first kappa shape index (κ1) is 12.5. The Hall–Kier alpha value is -2.50. The smallest absolute Gasteiger partial charge is 0.276 e. The Kier molecular flexibility index (Phi) is 3.28. The van der Waals surface area contributed by atoms with Crippen molar-refractivity contribution in [2.45, 2.75) is 0 Å². The van der Waals surface area contributed by atoms with Gasteiger partial charge < -0.3 is 20.5 Å². The van der Waals surface area contributed by atoms with E-state index in [1.54, 1.807) is 0 Å². The molecule has 0 aliphatic carbocycles. The second-order valence-electron chi connectivity index (χ2n) is 4.78. The largest absolute Gasteiger partial charge is 0.391 e. The molecule has 104 valence electrons. The number of nitrogens with one attached hydrogen (secondary N) is 1. The number of H-pyrrole nitrogens is 1. The van der Waals surface area contributed by atoms with Gasteiger partial charge in [0.05, 0.1) is 6.33 Å². The molecule has 1 aliphatic heterocycles. The molecule has 20 heavy (non-hydrogen) atoms. The van der Waals surface area contributed by atoms with Crippen LogP contribution in [0.2, 0.25) is 0 Å². The molecule has 6 heteroatoms. The molecule has 1 aromatic heterocycles. The van der Waals surface area contributed by atoms with E-state index in [0.717, 1.165) is 26.2 Å². The number of benzene rings is 1. The zero-order chi connectivity index (χ0) is 13.9. The summed E-state index contributed by atoms with van der Waals surface area (Å²) in [6, 6.07) is 10.3. The Morgan fingerprint density at radius 1 is 1.05 bits per heavy atom. The van der Waals surface area contributed by atoms with E-state index in [1.165, 1.54) is 12.0 Å². The van der Waals surface area contributed by atoms with Gasteiger partial charge >= 0.3 is 0 Å². The normalized spacial score (nSPS) is 15.4. The van der Waals surface area contributed by atoms with Gasteiger partial charge in [0.2, 0.25) is 0 Å². The number of hydrogen-bond acceptors (Lipinski definition) is 5. The van der Waals surface area contributed by atoms with E-state index in [0.29, 0.717) is 5.82 Å². The van der Waals surface area contributed by atoms with Crippen LogP contribution in [-0.4, -0.2) is 36.1 Å². The summed E-state index contributed by atoms with van der Waals surface area (Å²) in [5.74, 6) is 0.585. The fraction of sp³-hybridized carbons (Fsp3) is 0.286. The number of para-hydroxylation sites is 1. The van der Waals surface area contributed by atoms with Crippen LogP contribution < -0.4 is 21.1 Å². The Morgan fingerprint density at radius 3 is 2.40 bits per heavy atom. The number of nitrogens with zero attached hydrogens (tertiary/aromatic N) is 3. The van der Waals surface area contributed by atoms with Crippen LogP contribution in [0.15, 0.2) is 41.5 Å². The van der Waals surface area contributed by atoms with E-state index < -0.39 is 0 Å². The highest BCUT2D eigenvalue weighted by Gasteiger charge is 2.20. The van der Waals surface area contributed by atoms with Crippen LogP contribution in [0.5, 0.6) is 0 Å². The zero-order valence-corrected chi connectivity index (χ0v) is 11.1. The maximum absolute atomic E-state index is 11.5. The first-order valence-corrected chi connectivity index (χ1v) is 6.64. The van der Waals surface area contributed by atoms with Gasteiger partial charge in [-0.1, -0.05) is 18.2 Å². The van der Waals surface area contributed by atoms with Crippen molar-refractivity contribution in [3.8, 4) is 0 Å². The standard InChI is InChI=1S/C14H17N5O/c15-12-13(16-10-17-14(12)20)19-8-6-18(7-9-19)11-4-2-1-3-5-11/h1-5,10H,6-9,15H2,(H,16,17,20). The molecule has 1 fully saturated rings.